The summed E-state index contributed by atoms with van der Waals surface area (Å²) in [5, 5.41) is 3.21. The molecule has 2 aromatic heterocycles. The highest BCUT2D eigenvalue weighted by Gasteiger charge is 2.23. The molecular weight excluding hydrogens is 316 g/mol. The van der Waals surface area contributed by atoms with Crippen molar-refractivity contribution < 1.29 is 4.79 Å². The second-order valence-corrected chi connectivity index (χ2v) is 6.47. The summed E-state index contributed by atoms with van der Waals surface area (Å²) in [5.74, 6) is 3.32. The van der Waals surface area contributed by atoms with Gasteiger partial charge < -0.3 is 15.1 Å². The van der Waals surface area contributed by atoms with Crippen LogP contribution in [0.4, 0.5) is 17.5 Å². The van der Waals surface area contributed by atoms with Gasteiger partial charge in [0.1, 0.15) is 23.3 Å². The third kappa shape index (κ3) is 4.23. The lowest BCUT2D eigenvalue weighted by Gasteiger charge is -2.36. The zero-order valence-corrected chi connectivity index (χ0v) is 14.9. The number of amides is 1. The van der Waals surface area contributed by atoms with Gasteiger partial charge in [-0.3, -0.25) is 4.79 Å². The fraction of sp³-hybridized carbons (Fsp3) is 0.444. The third-order valence-corrected chi connectivity index (χ3v) is 4.15. The number of rotatable bonds is 4. The van der Waals surface area contributed by atoms with Crippen molar-refractivity contribution in [3.05, 3.63) is 36.3 Å². The van der Waals surface area contributed by atoms with Crippen molar-refractivity contribution in [3.63, 3.8) is 0 Å². The SMILES string of the molecule is Cc1nc(Nc2ccccn2)cc(N2CCN(C(=O)C(C)C)CC2)n1. The second kappa shape index (κ2) is 7.46. The standard InChI is InChI=1S/C18H24N6O/c1-13(2)18(25)24-10-8-23(9-11-24)17-12-16(20-14(3)21-17)22-15-6-4-5-7-19-15/h4-7,12-13H,8-11H2,1-3H3,(H,19,20,21,22). The Balaban J connectivity index is 1.70. The van der Waals surface area contributed by atoms with E-state index in [1.165, 1.54) is 0 Å². The Morgan fingerprint density at radius 2 is 1.88 bits per heavy atom. The molecule has 0 atom stereocenters. The van der Waals surface area contributed by atoms with Gasteiger partial charge in [0.25, 0.3) is 0 Å². The lowest BCUT2D eigenvalue weighted by Crippen LogP contribution is -2.50. The summed E-state index contributed by atoms with van der Waals surface area (Å²) in [7, 11) is 0. The summed E-state index contributed by atoms with van der Waals surface area (Å²) in [6.07, 6.45) is 1.74. The van der Waals surface area contributed by atoms with Gasteiger partial charge in [-0.25, -0.2) is 15.0 Å². The molecule has 1 N–H and O–H groups in total. The molecule has 3 rings (SSSR count). The average molecular weight is 340 g/mol. The first-order valence-corrected chi connectivity index (χ1v) is 8.60. The monoisotopic (exact) mass is 340 g/mol. The zero-order chi connectivity index (χ0) is 17.8. The number of carbonyl (C=O) groups excluding carboxylic acids is 1. The van der Waals surface area contributed by atoms with Crippen molar-refractivity contribution in [2.75, 3.05) is 36.4 Å². The number of pyridine rings is 1. The van der Waals surface area contributed by atoms with Gasteiger partial charge in [0, 0.05) is 44.4 Å². The fourth-order valence-electron chi connectivity index (χ4n) is 2.87. The van der Waals surface area contributed by atoms with Gasteiger partial charge in [-0.1, -0.05) is 19.9 Å². The maximum Gasteiger partial charge on any atom is 0.225 e. The first-order chi connectivity index (χ1) is 12.0. The number of carbonyl (C=O) groups is 1. The van der Waals surface area contributed by atoms with Crippen LogP contribution in [0.1, 0.15) is 19.7 Å². The van der Waals surface area contributed by atoms with Crippen LogP contribution in [0.3, 0.4) is 0 Å². The molecule has 0 unspecified atom stereocenters. The average Bonchev–Trinajstić information content (AvgIpc) is 2.61. The van der Waals surface area contributed by atoms with Crippen molar-refractivity contribution in [1.82, 2.24) is 19.9 Å². The molecule has 0 spiro atoms. The Kier molecular flexibility index (Phi) is 5.11. The molecular formula is C18H24N6O. The predicted octanol–water partition coefficient (Wildman–Crippen LogP) is 2.23. The van der Waals surface area contributed by atoms with Crippen molar-refractivity contribution >= 4 is 23.4 Å². The second-order valence-electron chi connectivity index (χ2n) is 6.47. The van der Waals surface area contributed by atoms with Crippen molar-refractivity contribution in [1.29, 1.82) is 0 Å². The number of hydrogen-bond donors (Lipinski definition) is 1. The van der Waals surface area contributed by atoms with Gasteiger partial charge in [-0.15, -0.1) is 0 Å². The Bertz CT molecular complexity index is 726. The summed E-state index contributed by atoms with van der Waals surface area (Å²) >= 11 is 0. The summed E-state index contributed by atoms with van der Waals surface area (Å²) in [4.78, 5) is 29.5. The van der Waals surface area contributed by atoms with Crippen LogP contribution in [0, 0.1) is 12.8 Å². The van der Waals surface area contributed by atoms with Crippen molar-refractivity contribution in [2.45, 2.75) is 20.8 Å². The molecule has 132 valence electrons. The third-order valence-electron chi connectivity index (χ3n) is 4.15. The van der Waals surface area contributed by atoms with E-state index in [1.54, 1.807) is 6.20 Å². The van der Waals surface area contributed by atoms with E-state index in [1.807, 2.05) is 49.9 Å². The van der Waals surface area contributed by atoms with E-state index in [4.69, 9.17) is 0 Å². The van der Waals surface area contributed by atoms with E-state index in [2.05, 4.69) is 25.2 Å². The Hall–Kier alpha value is -2.70. The van der Waals surface area contributed by atoms with Crippen molar-refractivity contribution in [3.8, 4) is 0 Å². The van der Waals surface area contributed by atoms with E-state index < -0.39 is 0 Å². The summed E-state index contributed by atoms with van der Waals surface area (Å²) < 4.78 is 0. The number of piperazine rings is 1. The van der Waals surface area contributed by atoms with E-state index in [0.717, 1.165) is 43.6 Å². The molecule has 3 heterocycles. The van der Waals surface area contributed by atoms with Gasteiger partial charge in [-0.2, -0.15) is 0 Å². The summed E-state index contributed by atoms with van der Waals surface area (Å²) in [6, 6.07) is 7.63. The molecule has 7 nitrogen and oxygen atoms in total. The molecule has 0 radical (unpaired) electrons. The van der Waals surface area contributed by atoms with Crippen LogP contribution in [-0.2, 0) is 4.79 Å². The van der Waals surface area contributed by atoms with Crippen LogP contribution in [0.2, 0.25) is 0 Å². The van der Waals surface area contributed by atoms with E-state index in [-0.39, 0.29) is 11.8 Å². The minimum Gasteiger partial charge on any atom is -0.353 e. The molecule has 1 aliphatic rings. The minimum atomic E-state index is 0.0435. The first-order valence-electron chi connectivity index (χ1n) is 8.60. The molecule has 1 fully saturated rings. The number of nitrogens with one attached hydrogen (secondary N) is 1. The molecule has 0 bridgehead atoms. The van der Waals surface area contributed by atoms with Gasteiger partial charge in [-0.05, 0) is 19.1 Å². The van der Waals surface area contributed by atoms with Crippen LogP contribution in [0.5, 0.6) is 0 Å². The molecule has 1 amide bonds. The molecule has 0 aliphatic carbocycles. The fourth-order valence-corrected chi connectivity index (χ4v) is 2.87. The topological polar surface area (TPSA) is 74.2 Å². The molecule has 0 aromatic carbocycles. The molecule has 7 heteroatoms. The lowest BCUT2D eigenvalue weighted by molar-refractivity contribution is -0.134. The van der Waals surface area contributed by atoms with E-state index in [9.17, 15) is 4.79 Å². The Labute approximate surface area is 148 Å². The highest BCUT2D eigenvalue weighted by atomic mass is 16.2. The zero-order valence-electron chi connectivity index (χ0n) is 14.9. The largest absolute Gasteiger partial charge is 0.353 e. The highest BCUT2D eigenvalue weighted by molar-refractivity contribution is 5.78. The van der Waals surface area contributed by atoms with E-state index >= 15 is 0 Å². The van der Waals surface area contributed by atoms with Gasteiger partial charge in [0.2, 0.25) is 5.91 Å². The highest BCUT2D eigenvalue weighted by Crippen LogP contribution is 2.20. The maximum atomic E-state index is 12.1. The molecule has 1 aliphatic heterocycles. The molecule has 25 heavy (non-hydrogen) atoms. The molecule has 1 saturated heterocycles. The van der Waals surface area contributed by atoms with Gasteiger partial charge in [0.05, 0.1) is 0 Å². The minimum absolute atomic E-state index is 0.0435. The maximum absolute atomic E-state index is 12.1. The Morgan fingerprint density at radius 1 is 1.12 bits per heavy atom. The van der Waals surface area contributed by atoms with Gasteiger partial charge >= 0.3 is 0 Å². The lowest BCUT2D eigenvalue weighted by atomic mass is 10.1. The van der Waals surface area contributed by atoms with Crippen LogP contribution in [0.25, 0.3) is 0 Å². The van der Waals surface area contributed by atoms with Crippen LogP contribution >= 0.6 is 0 Å². The van der Waals surface area contributed by atoms with Crippen LogP contribution in [-0.4, -0.2) is 51.9 Å². The molecule has 0 saturated carbocycles. The Morgan fingerprint density at radius 3 is 2.52 bits per heavy atom. The number of hydrogen-bond acceptors (Lipinski definition) is 6. The van der Waals surface area contributed by atoms with Crippen LogP contribution in [0.15, 0.2) is 30.5 Å². The number of anilines is 3. The first kappa shape index (κ1) is 17.1. The van der Waals surface area contributed by atoms with E-state index in [0.29, 0.717) is 5.82 Å². The predicted molar refractivity (Wildman–Crippen MR) is 97.9 cm³/mol. The summed E-state index contributed by atoms with van der Waals surface area (Å²) in [5.41, 5.74) is 0. The molecule has 2 aromatic rings. The smallest absolute Gasteiger partial charge is 0.225 e. The number of aromatic nitrogens is 3. The van der Waals surface area contributed by atoms with Crippen molar-refractivity contribution in [2.24, 2.45) is 5.92 Å². The number of nitrogens with zero attached hydrogens (tertiary/aromatic N) is 5. The normalized spacial score (nSPS) is 14.7. The van der Waals surface area contributed by atoms with Crippen LogP contribution < -0.4 is 10.2 Å². The number of aryl methyl sites for hydroxylation is 1. The quantitative estimate of drug-likeness (QED) is 0.920. The summed E-state index contributed by atoms with van der Waals surface area (Å²) in [6.45, 7) is 8.77. The van der Waals surface area contributed by atoms with Gasteiger partial charge in [0.15, 0.2) is 0 Å².